The number of carbonyl (C=O) groups excluding carboxylic acids is 1. The van der Waals surface area contributed by atoms with Crippen LogP contribution in [0, 0.1) is 18.8 Å². The van der Waals surface area contributed by atoms with Gasteiger partial charge >= 0.3 is 0 Å². The molecular formula is C24H23NO2. The van der Waals surface area contributed by atoms with E-state index in [0.29, 0.717) is 17.9 Å². The van der Waals surface area contributed by atoms with Gasteiger partial charge in [0.2, 0.25) is 0 Å². The third-order valence-corrected chi connectivity index (χ3v) is 4.58. The minimum Gasteiger partial charge on any atom is -0.481 e. The molecule has 0 saturated heterocycles. The first kappa shape index (κ1) is 18.5. The van der Waals surface area contributed by atoms with Crippen LogP contribution >= 0.6 is 0 Å². The molecule has 1 amide bonds. The van der Waals surface area contributed by atoms with Gasteiger partial charge in [-0.25, -0.2) is 0 Å². The van der Waals surface area contributed by atoms with Crippen LogP contribution in [0.1, 0.15) is 41.4 Å². The van der Waals surface area contributed by atoms with Crippen LogP contribution in [0.2, 0.25) is 0 Å². The molecule has 0 saturated carbocycles. The average molecular weight is 357 g/mol. The highest BCUT2D eigenvalue weighted by molar-refractivity contribution is 5.96. The summed E-state index contributed by atoms with van der Waals surface area (Å²) >= 11 is 0. The molecule has 1 atom stereocenters. The Hall–Kier alpha value is -3.25. The number of benzene rings is 3. The SMILES string of the molecule is CC#CCOc1ccc(C)c(C(=O)N[C@H](C)c2cccc3ccccc23)c1. The first-order chi connectivity index (χ1) is 13.1. The number of amides is 1. The topological polar surface area (TPSA) is 38.3 Å². The lowest BCUT2D eigenvalue weighted by molar-refractivity contribution is 0.0939. The van der Waals surface area contributed by atoms with Gasteiger partial charge in [0.05, 0.1) is 6.04 Å². The molecule has 27 heavy (non-hydrogen) atoms. The number of rotatable bonds is 5. The van der Waals surface area contributed by atoms with Gasteiger partial charge in [-0.15, -0.1) is 5.92 Å². The fourth-order valence-electron chi connectivity index (χ4n) is 3.11. The van der Waals surface area contributed by atoms with E-state index in [4.69, 9.17) is 4.74 Å². The number of hydrogen-bond donors (Lipinski definition) is 1. The third kappa shape index (κ3) is 4.30. The molecule has 3 aromatic rings. The summed E-state index contributed by atoms with van der Waals surface area (Å²) in [4.78, 5) is 12.9. The van der Waals surface area contributed by atoms with Crippen molar-refractivity contribution < 1.29 is 9.53 Å². The Morgan fingerprint density at radius 3 is 2.70 bits per heavy atom. The first-order valence-electron chi connectivity index (χ1n) is 9.01. The molecule has 0 aliphatic heterocycles. The standard InChI is InChI=1S/C24H23NO2/c1-4-5-15-27-20-14-13-17(2)23(16-20)24(26)25-18(3)21-12-8-10-19-9-6-7-11-22(19)21/h6-14,16,18H,15H2,1-3H3,(H,25,26)/t18-/m1/s1. The van der Waals surface area contributed by atoms with Gasteiger partial charge in [0.15, 0.2) is 0 Å². The van der Waals surface area contributed by atoms with E-state index in [1.807, 2.05) is 44.2 Å². The monoisotopic (exact) mass is 357 g/mol. The van der Waals surface area contributed by atoms with Gasteiger partial charge in [-0.3, -0.25) is 4.79 Å². The van der Waals surface area contributed by atoms with Crippen molar-refractivity contribution in [3.8, 4) is 17.6 Å². The highest BCUT2D eigenvalue weighted by Crippen LogP contribution is 2.25. The summed E-state index contributed by atoms with van der Waals surface area (Å²) in [5.74, 6) is 6.18. The summed E-state index contributed by atoms with van der Waals surface area (Å²) in [6.07, 6.45) is 0. The van der Waals surface area contributed by atoms with E-state index < -0.39 is 0 Å². The maximum atomic E-state index is 12.9. The predicted molar refractivity (Wildman–Crippen MR) is 110 cm³/mol. The summed E-state index contributed by atoms with van der Waals surface area (Å²) in [6, 6.07) is 19.8. The molecule has 3 heteroatoms. The van der Waals surface area contributed by atoms with Crippen molar-refractivity contribution in [2.45, 2.75) is 26.8 Å². The maximum absolute atomic E-state index is 12.9. The minimum absolute atomic E-state index is 0.111. The largest absolute Gasteiger partial charge is 0.481 e. The minimum atomic E-state index is -0.112. The molecule has 3 rings (SSSR count). The number of hydrogen-bond acceptors (Lipinski definition) is 2. The Morgan fingerprint density at radius 2 is 1.89 bits per heavy atom. The number of aryl methyl sites for hydroxylation is 1. The van der Waals surface area contributed by atoms with E-state index >= 15 is 0 Å². The summed E-state index contributed by atoms with van der Waals surface area (Å²) in [5.41, 5.74) is 2.63. The van der Waals surface area contributed by atoms with Crippen LogP contribution in [0.3, 0.4) is 0 Å². The van der Waals surface area contributed by atoms with Crippen molar-refractivity contribution in [1.29, 1.82) is 0 Å². The van der Waals surface area contributed by atoms with Crippen molar-refractivity contribution in [3.05, 3.63) is 77.4 Å². The lowest BCUT2D eigenvalue weighted by atomic mass is 9.99. The zero-order valence-electron chi connectivity index (χ0n) is 15.9. The van der Waals surface area contributed by atoms with Gasteiger partial charge in [-0.1, -0.05) is 54.5 Å². The molecule has 0 aliphatic carbocycles. The van der Waals surface area contributed by atoms with Crippen LogP contribution in [0.4, 0.5) is 0 Å². The molecule has 0 spiro atoms. The average Bonchev–Trinajstić information content (AvgIpc) is 2.68. The smallest absolute Gasteiger partial charge is 0.252 e. The normalized spacial score (nSPS) is 11.4. The van der Waals surface area contributed by atoms with Crippen LogP contribution < -0.4 is 10.1 Å². The predicted octanol–water partition coefficient (Wildman–Crippen LogP) is 5.04. The molecular weight excluding hydrogens is 334 g/mol. The number of fused-ring (bicyclic) bond motifs is 1. The van der Waals surface area contributed by atoms with Crippen LogP contribution in [-0.2, 0) is 0 Å². The van der Waals surface area contributed by atoms with E-state index in [1.165, 1.54) is 5.39 Å². The molecule has 0 unspecified atom stereocenters. The van der Waals surface area contributed by atoms with Gasteiger partial charge in [-0.2, -0.15) is 0 Å². The van der Waals surface area contributed by atoms with Crippen molar-refractivity contribution in [1.82, 2.24) is 5.32 Å². The second kappa shape index (κ2) is 8.42. The second-order valence-electron chi connectivity index (χ2n) is 6.46. The Kier molecular flexibility index (Phi) is 5.78. The maximum Gasteiger partial charge on any atom is 0.252 e. The molecule has 0 aromatic heterocycles. The first-order valence-corrected chi connectivity index (χ1v) is 9.01. The van der Waals surface area contributed by atoms with Crippen molar-refractivity contribution in [2.75, 3.05) is 6.61 Å². The molecule has 1 N–H and O–H groups in total. The van der Waals surface area contributed by atoms with Crippen LogP contribution in [0.25, 0.3) is 10.8 Å². The zero-order valence-corrected chi connectivity index (χ0v) is 15.9. The Labute approximate surface area is 160 Å². The van der Waals surface area contributed by atoms with Gasteiger partial charge in [0.1, 0.15) is 12.4 Å². The van der Waals surface area contributed by atoms with Crippen molar-refractivity contribution >= 4 is 16.7 Å². The molecule has 136 valence electrons. The van der Waals surface area contributed by atoms with Gasteiger partial charge in [0.25, 0.3) is 5.91 Å². The molecule has 3 nitrogen and oxygen atoms in total. The van der Waals surface area contributed by atoms with Crippen molar-refractivity contribution in [2.24, 2.45) is 0 Å². The Balaban J connectivity index is 1.81. The van der Waals surface area contributed by atoms with Crippen molar-refractivity contribution in [3.63, 3.8) is 0 Å². The molecule has 0 aliphatic rings. The molecule has 0 radical (unpaired) electrons. The Morgan fingerprint density at radius 1 is 1.11 bits per heavy atom. The van der Waals surface area contributed by atoms with Crippen LogP contribution in [-0.4, -0.2) is 12.5 Å². The van der Waals surface area contributed by atoms with Gasteiger partial charge in [0, 0.05) is 5.56 Å². The van der Waals surface area contributed by atoms with E-state index in [9.17, 15) is 4.79 Å². The van der Waals surface area contributed by atoms with Gasteiger partial charge < -0.3 is 10.1 Å². The number of ether oxygens (including phenoxy) is 1. The Bertz CT molecular complexity index is 1020. The molecule has 0 bridgehead atoms. The zero-order chi connectivity index (χ0) is 19.2. The van der Waals surface area contributed by atoms with Crippen LogP contribution in [0.15, 0.2) is 60.7 Å². The lowest BCUT2D eigenvalue weighted by Gasteiger charge is -2.18. The third-order valence-electron chi connectivity index (χ3n) is 4.58. The second-order valence-corrected chi connectivity index (χ2v) is 6.46. The molecule has 0 fully saturated rings. The highest BCUT2D eigenvalue weighted by atomic mass is 16.5. The fraction of sp³-hybridized carbons (Fsp3) is 0.208. The summed E-state index contributed by atoms with van der Waals surface area (Å²) < 4.78 is 5.59. The fourth-order valence-corrected chi connectivity index (χ4v) is 3.11. The summed E-state index contributed by atoms with van der Waals surface area (Å²) in [7, 11) is 0. The summed E-state index contributed by atoms with van der Waals surface area (Å²) in [5, 5.41) is 5.44. The molecule has 0 heterocycles. The number of nitrogens with one attached hydrogen (secondary N) is 1. The quantitative estimate of drug-likeness (QED) is 0.650. The van der Waals surface area contributed by atoms with E-state index in [1.54, 1.807) is 13.0 Å². The van der Waals surface area contributed by atoms with E-state index in [0.717, 1.165) is 16.5 Å². The lowest BCUT2D eigenvalue weighted by Crippen LogP contribution is -2.27. The molecule has 3 aromatic carbocycles. The van der Waals surface area contributed by atoms with Gasteiger partial charge in [-0.05, 0) is 54.8 Å². The summed E-state index contributed by atoms with van der Waals surface area (Å²) in [6.45, 7) is 6.01. The van der Waals surface area contributed by atoms with E-state index in [-0.39, 0.29) is 11.9 Å². The van der Waals surface area contributed by atoms with Crippen LogP contribution in [0.5, 0.6) is 5.75 Å². The number of carbonyl (C=O) groups is 1. The highest BCUT2D eigenvalue weighted by Gasteiger charge is 2.16. The van der Waals surface area contributed by atoms with E-state index in [2.05, 4.69) is 41.4 Å².